The molecular weight excluding hydrogens is 706 g/mol. The van der Waals surface area contributed by atoms with Crippen molar-refractivity contribution in [1.29, 1.82) is 0 Å². The molecule has 18 nitrogen and oxygen atoms in total. The van der Waals surface area contributed by atoms with Crippen LogP contribution in [0.1, 0.15) is 72.1 Å². The molecule has 0 aromatic carbocycles. The van der Waals surface area contributed by atoms with Crippen molar-refractivity contribution in [2.45, 2.75) is 78.2 Å². The summed E-state index contributed by atoms with van der Waals surface area (Å²) in [5.41, 5.74) is 0. The summed E-state index contributed by atoms with van der Waals surface area (Å²) in [5, 5.41) is 38.1. The number of nitrogens with one attached hydrogen (secondary N) is 1. The van der Waals surface area contributed by atoms with Crippen molar-refractivity contribution >= 4 is 42.1 Å². The highest BCUT2D eigenvalue weighted by Crippen LogP contribution is 2.19. The summed E-state index contributed by atoms with van der Waals surface area (Å²) < 4.78 is 0. The minimum Gasteiger partial charge on any atom is -0.483 e. The second-order valence-electron chi connectivity index (χ2n) is 14.0. The van der Waals surface area contributed by atoms with Crippen LogP contribution in [0.4, 0.5) is 0 Å². The Bertz CT molecular complexity index is 1170. The first kappa shape index (κ1) is 48.1. The number of likely N-dealkylation sites (N-methyl/N-ethyl adjacent to an activating group) is 1. The molecule has 0 aromatic heterocycles. The Labute approximate surface area is 319 Å². The normalized spacial score (nSPS) is 17.9. The molecule has 1 unspecified atom stereocenters. The second kappa shape index (κ2) is 27.7. The van der Waals surface area contributed by atoms with Crippen LogP contribution in [-0.4, -0.2) is 203 Å². The summed E-state index contributed by atoms with van der Waals surface area (Å²) in [4.78, 5) is 92.9. The molecule has 18 heteroatoms. The lowest BCUT2D eigenvalue weighted by Gasteiger charge is -2.39. The Hall–Kier alpha value is -3.87. The molecule has 54 heavy (non-hydrogen) atoms. The molecule has 310 valence electrons. The number of hydrogen-bond acceptors (Lipinski definition) is 11. The summed E-state index contributed by atoms with van der Waals surface area (Å²) in [5.74, 6) is -3.07. The summed E-state index contributed by atoms with van der Waals surface area (Å²) >= 11 is 0. The molecule has 2 aliphatic rings. The van der Waals surface area contributed by atoms with Gasteiger partial charge in [-0.1, -0.05) is 40.0 Å². The molecule has 0 spiro atoms. The SMILES string of the molecule is CCC(C)CCCCNC(=O)CCC(=O)N(CC(=O)O)C1CCN(C(=O)CN2CCN(CC)CCN(CC(=O)O)CCN(CC(=O)O)CC2)CC1.O=CO. The molecule has 2 rings (SSSR count). The number of rotatable bonds is 19. The van der Waals surface area contributed by atoms with Gasteiger partial charge >= 0.3 is 17.9 Å². The average molecular weight is 772 g/mol. The van der Waals surface area contributed by atoms with Crippen molar-refractivity contribution in [2.75, 3.05) is 105 Å². The standard InChI is InChI=1S/C35H63N7O9.CH2O2/c1-4-28(3)8-6-7-13-36-30(43)9-10-31(44)42(27-35(50)51)29-11-14-41(15-12-29)32(45)24-38-18-16-37(5-2)17-19-39(25-33(46)47)22-23-40(21-20-38)26-34(48)49;2-1-3/h28-29H,4-27H2,1-3H3,(H,36,43)(H,46,47)(H,48,49)(H,50,51);1H,(H,2,3). The quantitative estimate of drug-likeness (QED) is 0.0867. The van der Waals surface area contributed by atoms with Crippen LogP contribution < -0.4 is 5.32 Å². The van der Waals surface area contributed by atoms with E-state index in [1.165, 1.54) is 4.90 Å². The largest absolute Gasteiger partial charge is 0.483 e. The number of carboxylic acid groups (broad SMARTS) is 4. The topological polar surface area (TPSA) is 232 Å². The number of carboxylic acids is 3. The van der Waals surface area contributed by atoms with E-state index in [0.29, 0.717) is 90.8 Å². The smallest absolute Gasteiger partial charge is 0.323 e. The summed E-state index contributed by atoms with van der Waals surface area (Å²) in [6.07, 6.45) is 4.91. The van der Waals surface area contributed by atoms with Crippen molar-refractivity contribution in [2.24, 2.45) is 5.92 Å². The van der Waals surface area contributed by atoms with E-state index in [9.17, 15) is 44.1 Å². The fourth-order valence-electron chi connectivity index (χ4n) is 6.54. The van der Waals surface area contributed by atoms with Gasteiger partial charge in [-0.15, -0.1) is 0 Å². The minimum atomic E-state index is -1.13. The van der Waals surface area contributed by atoms with Crippen LogP contribution in [-0.2, 0) is 33.6 Å². The monoisotopic (exact) mass is 771 g/mol. The van der Waals surface area contributed by atoms with Crippen LogP contribution >= 0.6 is 0 Å². The van der Waals surface area contributed by atoms with Crippen molar-refractivity contribution < 1.29 is 54.0 Å². The van der Waals surface area contributed by atoms with E-state index in [1.807, 2.05) is 16.7 Å². The van der Waals surface area contributed by atoms with Crippen molar-refractivity contribution in [3.63, 3.8) is 0 Å². The molecule has 0 saturated carbocycles. The lowest BCUT2D eigenvalue weighted by Crippen LogP contribution is -2.53. The fourth-order valence-corrected chi connectivity index (χ4v) is 6.54. The maximum absolute atomic E-state index is 13.5. The van der Waals surface area contributed by atoms with Crippen LogP contribution in [0.3, 0.4) is 0 Å². The minimum absolute atomic E-state index is 0.00652. The predicted octanol–water partition coefficient (Wildman–Crippen LogP) is 0.115. The average Bonchev–Trinajstić information content (AvgIpc) is 3.12. The van der Waals surface area contributed by atoms with Gasteiger partial charge in [-0.2, -0.15) is 0 Å². The van der Waals surface area contributed by atoms with E-state index < -0.39 is 24.5 Å². The molecular formula is C36H65N7O11. The van der Waals surface area contributed by atoms with Crippen molar-refractivity contribution in [3.8, 4) is 0 Å². The van der Waals surface area contributed by atoms with Gasteiger partial charge in [0.05, 0.1) is 19.6 Å². The van der Waals surface area contributed by atoms with E-state index in [1.54, 1.807) is 9.80 Å². The van der Waals surface area contributed by atoms with E-state index in [4.69, 9.17) is 9.90 Å². The third kappa shape index (κ3) is 21.1. The third-order valence-corrected chi connectivity index (χ3v) is 10.0. The van der Waals surface area contributed by atoms with Gasteiger partial charge < -0.3 is 40.4 Å². The molecule has 0 aromatic rings. The maximum Gasteiger partial charge on any atom is 0.323 e. The van der Waals surface area contributed by atoms with Crippen LogP contribution in [0.25, 0.3) is 0 Å². The zero-order valence-corrected chi connectivity index (χ0v) is 32.5. The molecule has 2 aliphatic heterocycles. The number of amides is 3. The van der Waals surface area contributed by atoms with Gasteiger partial charge in [0, 0.05) is 90.9 Å². The number of carbonyl (C=O) groups is 7. The molecule has 2 heterocycles. The number of carbonyl (C=O) groups excluding carboxylic acids is 3. The first-order valence-corrected chi connectivity index (χ1v) is 19.2. The van der Waals surface area contributed by atoms with Crippen molar-refractivity contribution in [1.82, 2.24) is 34.7 Å². The predicted molar refractivity (Wildman–Crippen MR) is 200 cm³/mol. The molecule has 2 fully saturated rings. The molecule has 0 aliphatic carbocycles. The second-order valence-corrected chi connectivity index (χ2v) is 14.0. The Balaban J connectivity index is 0.00000469. The van der Waals surface area contributed by atoms with Gasteiger partial charge in [-0.05, 0) is 31.7 Å². The number of piperidine rings is 1. The van der Waals surface area contributed by atoms with E-state index >= 15 is 0 Å². The van der Waals surface area contributed by atoms with Gasteiger partial charge in [0.2, 0.25) is 17.7 Å². The fraction of sp³-hybridized carbons (Fsp3) is 0.806. The van der Waals surface area contributed by atoms with Gasteiger partial charge in [-0.3, -0.25) is 48.3 Å². The van der Waals surface area contributed by atoms with Gasteiger partial charge in [0.15, 0.2) is 0 Å². The first-order valence-electron chi connectivity index (χ1n) is 19.2. The van der Waals surface area contributed by atoms with Crippen molar-refractivity contribution in [3.05, 3.63) is 0 Å². The van der Waals surface area contributed by atoms with Crippen LogP contribution in [0.2, 0.25) is 0 Å². The van der Waals surface area contributed by atoms with Crippen LogP contribution in [0.5, 0.6) is 0 Å². The molecule has 2 saturated heterocycles. The summed E-state index contributed by atoms with van der Waals surface area (Å²) in [6.45, 7) is 11.6. The number of likely N-dealkylation sites (tertiary alicyclic amines) is 1. The summed E-state index contributed by atoms with van der Waals surface area (Å²) in [6, 6.07) is -0.355. The van der Waals surface area contributed by atoms with Crippen LogP contribution in [0.15, 0.2) is 0 Å². The maximum atomic E-state index is 13.5. The van der Waals surface area contributed by atoms with Gasteiger partial charge in [0.25, 0.3) is 6.47 Å². The number of aliphatic carboxylic acids is 3. The number of nitrogens with zero attached hydrogens (tertiary/aromatic N) is 6. The van der Waals surface area contributed by atoms with E-state index in [0.717, 1.165) is 32.2 Å². The zero-order valence-electron chi connectivity index (χ0n) is 32.5. The lowest BCUT2D eigenvalue weighted by atomic mass is 10.0. The number of unbranched alkanes of at least 4 members (excludes halogenated alkanes) is 1. The third-order valence-electron chi connectivity index (χ3n) is 10.0. The molecule has 3 amide bonds. The Morgan fingerprint density at radius 1 is 0.722 bits per heavy atom. The highest BCUT2D eigenvalue weighted by atomic mass is 16.4. The summed E-state index contributed by atoms with van der Waals surface area (Å²) in [7, 11) is 0. The molecule has 0 radical (unpaired) electrons. The molecule has 1 atom stereocenters. The molecule has 5 N–H and O–H groups in total. The first-order chi connectivity index (χ1) is 25.7. The lowest BCUT2D eigenvalue weighted by molar-refractivity contribution is -0.148. The zero-order chi connectivity index (χ0) is 40.5. The van der Waals surface area contributed by atoms with Gasteiger partial charge in [-0.25, -0.2) is 0 Å². The number of hydrogen-bond donors (Lipinski definition) is 5. The van der Waals surface area contributed by atoms with Gasteiger partial charge in [0.1, 0.15) is 6.54 Å². The molecule has 0 bridgehead atoms. The highest BCUT2D eigenvalue weighted by Gasteiger charge is 2.31. The van der Waals surface area contributed by atoms with E-state index in [-0.39, 0.29) is 62.7 Å². The van der Waals surface area contributed by atoms with Crippen LogP contribution in [0, 0.1) is 5.92 Å². The Morgan fingerprint density at radius 2 is 1.20 bits per heavy atom. The van der Waals surface area contributed by atoms with E-state index in [2.05, 4.69) is 24.1 Å². The highest BCUT2D eigenvalue weighted by molar-refractivity contribution is 5.86. The Kier molecular flexibility index (Phi) is 24.7. The Morgan fingerprint density at radius 3 is 1.65 bits per heavy atom.